The standard InChI is InChI=1S/C14H13ClN2OS/c1-2-16-11-5-3-4-6-12(11)17(14(16)18)9-10-7-8-13(15)19-10/h3-8H,2,9H2,1H3. The van der Waals surface area contributed by atoms with Gasteiger partial charge in [-0.15, -0.1) is 11.3 Å². The van der Waals surface area contributed by atoms with E-state index in [1.54, 1.807) is 9.13 Å². The van der Waals surface area contributed by atoms with Crippen molar-refractivity contribution in [1.82, 2.24) is 9.13 Å². The van der Waals surface area contributed by atoms with Gasteiger partial charge in [-0.05, 0) is 31.2 Å². The van der Waals surface area contributed by atoms with Gasteiger partial charge >= 0.3 is 5.69 Å². The second kappa shape index (κ2) is 4.87. The molecular weight excluding hydrogens is 280 g/mol. The van der Waals surface area contributed by atoms with Crippen LogP contribution in [0.15, 0.2) is 41.2 Å². The van der Waals surface area contributed by atoms with Crippen LogP contribution in [0.5, 0.6) is 0 Å². The number of benzene rings is 1. The third kappa shape index (κ3) is 2.11. The fraction of sp³-hybridized carbons (Fsp3) is 0.214. The van der Waals surface area contributed by atoms with Crippen LogP contribution in [0.2, 0.25) is 4.34 Å². The summed E-state index contributed by atoms with van der Waals surface area (Å²) < 4.78 is 4.35. The summed E-state index contributed by atoms with van der Waals surface area (Å²) in [7, 11) is 0. The average Bonchev–Trinajstić information content (AvgIpc) is 2.93. The fourth-order valence-corrected chi connectivity index (χ4v) is 3.40. The fourth-order valence-electron chi connectivity index (χ4n) is 2.32. The Hall–Kier alpha value is -1.52. The summed E-state index contributed by atoms with van der Waals surface area (Å²) in [6.07, 6.45) is 0. The van der Waals surface area contributed by atoms with E-state index in [1.165, 1.54) is 11.3 Å². The molecule has 0 unspecified atom stereocenters. The molecular formula is C14H13ClN2OS. The van der Waals surface area contributed by atoms with E-state index in [9.17, 15) is 4.79 Å². The third-order valence-electron chi connectivity index (χ3n) is 3.18. The maximum absolute atomic E-state index is 12.4. The largest absolute Gasteiger partial charge is 0.329 e. The molecule has 0 aliphatic rings. The van der Waals surface area contributed by atoms with Crippen LogP contribution in [0.25, 0.3) is 11.0 Å². The number of aromatic nitrogens is 2. The zero-order chi connectivity index (χ0) is 13.4. The molecule has 3 nitrogen and oxygen atoms in total. The van der Waals surface area contributed by atoms with Crippen LogP contribution in [-0.2, 0) is 13.1 Å². The summed E-state index contributed by atoms with van der Waals surface area (Å²) in [6, 6.07) is 11.7. The van der Waals surface area contributed by atoms with Crippen molar-refractivity contribution in [2.75, 3.05) is 0 Å². The second-order valence-corrected chi connectivity index (χ2v) is 6.11. The Morgan fingerprint density at radius 1 is 1.11 bits per heavy atom. The highest BCUT2D eigenvalue weighted by Gasteiger charge is 2.12. The molecule has 2 heterocycles. The first kappa shape index (κ1) is 12.5. The van der Waals surface area contributed by atoms with E-state index in [1.807, 2.05) is 43.3 Å². The molecule has 0 aliphatic heterocycles. The minimum Gasteiger partial charge on any atom is -0.292 e. The van der Waals surface area contributed by atoms with E-state index in [4.69, 9.17) is 11.6 Å². The number of imidazole rings is 1. The lowest BCUT2D eigenvalue weighted by Crippen LogP contribution is -2.23. The molecule has 19 heavy (non-hydrogen) atoms. The van der Waals surface area contributed by atoms with Gasteiger partial charge in [0.2, 0.25) is 0 Å². The van der Waals surface area contributed by atoms with Crippen molar-refractivity contribution in [1.29, 1.82) is 0 Å². The molecule has 0 amide bonds. The Morgan fingerprint density at radius 3 is 2.37 bits per heavy atom. The summed E-state index contributed by atoms with van der Waals surface area (Å²) in [5.74, 6) is 0. The van der Waals surface area contributed by atoms with Crippen LogP contribution in [0, 0.1) is 0 Å². The first-order chi connectivity index (χ1) is 9.20. The van der Waals surface area contributed by atoms with Crippen molar-refractivity contribution < 1.29 is 0 Å². The smallest absolute Gasteiger partial charge is 0.292 e. The van der Waals surface area contributed by atoms with Gasteiger partial charge in [-0.1, -0.05) is 23.7 Å². The van der Waals surface area contributed by atoms with Gasteiger partial charge in [-0.25, -0.2) is 4.79 Å². The van der Waals surface area contributed by atoms with E-state index in [2.05, 4.69) is 0 Å². The van der Waals surface area contributed by atoms with E-state index >= 15 is 0 Å². The molecule has 98 valence electrons. The summed E-state index contributed by atoms with van der Waals surface area (Å²) >= 11 is 7.46. The molecule has 0 saturated carbocycles. The number of thiophene rings is 1. The van der Waals surface area contributed by atoms with Crippen LogP contribution in [0.3, 0.4) is 0 Å². The van der Waals surface area contributed by atoms with Crippen molar-refractivity contribution in [3.05, 3.63) is 56.1 Å². The topological polar surface area (TPSA) is 26.9 Å². The number of hydrogen-bond acceptors (Lipinski definition) is 2. The molecule has 5 heteroatoms. The van der Waals surface area contributed by atoms with Crippen LogP contribution >= 0.6 is 22.9 Å². The molecule has 0 radical (unpaired) electrons. The molecule has 3 aromatic rings. The number of para-hydroxylation sites is 2. The number of halogens is 1. The molecule has 0 spiro atoms. The average molecular weight is 293 g/mol. The minimum atomic E-state index is 0.0354. The number of hydrogen-bond donors (Lipinski definition) is 0. The van der Waals surface area contributed by atoms with Gasteiger partial charge in [-0.2, -0.15) is 0 Å². The Balaban J connectivity index is 2.18. The van der Waals surface area contributed by atoms with Crippen LogP contribution in [-0.4, -0.2) is 9.13 Å². The predicted molar refractivity (Wildman–Crippen MR) is 80.3 cm³/mol. The van der Waals surface area contributed by atoms with E-state index < -0.39 is 0 Å². The lowest BCUT2D eigenvalue weighted by molar-refractivity contribution is 0.688. The van der Waals surface area contributed by atoms with Crippen molar-refractivity contribution in [3.63, 3.8) is 0 Å². The van der Waals surface area contributed by atoms with Gasteiger partial charge in [0, 0.05) is 11.4 Å². The Kier molecular flexibility index (Phi) is 3.21. The lowest BCUT2D eigenvalue weighted by Gasteiger charge is -2.00. The van der Waals surface area contributed by atoms with Gasteiger partial charge in [0.1, 0.15) is 0 Å². The van der Waals surface area contributed by atoms with Crippen LogP contribution in [0.4, 0.5) is 0 Å². The highest BCUT2D eigenvalue weighted by atomic mass is 35.5. The molecule has 0 bridgehead atoms. The van der Waals surface area contributed by atoms with Gasteiger partial charge in [0.15, 0.2) is 0 Å². The van der Waals surface area contributed by atoms with Crippen molar-refractivity contribution in [3.8, 4) is 0 Å². The van der Waals surface area contributed by atoms with Crippen LogP contribution in [0.1, 0.15) is 11.8 Å². The van der Waals surface area contributed by atoms with Crippen LogP contribution < -0.4 is 5.69 Å². The Morgan fingerprint density at radius 2 is 1.79 bits per heavy atom. The predicted octanol–water partition coefficient (Wildman–Crippen LogP) is 3.59. The van der Waals surface area contributed by atoms with Gasteiger partial charge in [0.25, 0.3) is 0 Å². The molecule has 0 fully saturated rings. The lowest BCUT2D eigenvalue weighted by atomic mass is 10.3. The zero-order valence-electron chi connectivity index (χ0n) is 10.5. The molecule has 2 aromatic heterocycles. The molecule has 1 aromatic carbocycles. The van der Waals surface area contributed by atoms with E-state index in [0.29, 0.717) is 13.1 Å². The normalized spacial score (nSPS) is 11.3. The number of aryl methyl sites for hydroxylation is 1. The van der Waals surface area contributed by atoms with Gasteiger partial charge < -0.3 is 0 Å². The maximum atomic E-state index is 12.4. The summed E-state index contributed by atoms with van der Waals surface area (Å²) in [5.41, 5.74) is 1.99. The Labute approximate surface area is 119 Å². The monoisotopic (exact) mass is 292 g/mol. The minimum absolute atomic E-state index is 0.0354. The summed E-state index contributed by atoms with van der Waals surface area (Å²) in [4.78, 5) is 13.5. The van der Waals surface area contributed by atoms with Gasteiger partial charge in [0.05, 0.1) is 21.9 Å². The van der Waals surface area contributed by atoms with Crippen molar-refractivity contribution in [2.45, 2.75) is 20.0 Å². The maximum Gasteiger partial charge on any atom is 0.329 e. The quantitative estimate of drug-likeness (QED) is 0.725. The molecule has 0 atom stereocenters. The highest BCUT2D eigenvalue weighted by molar-refractivity contribution is 7.16. The summed E-state index contributed by atoms with van der Waals surface area (Å²) in [6.45, 7) is 3.24. The van der Waals surface area contributed by atoms with Gasteiger partial charge in [-0.3, -0.25) is 9.13 Å². The second-order valence-electron chi connectivity index (χ2n) is 4.31. The first-order valence-corrected chi connectivity index (χ1v) is 7.32. The Bertz CT molecular complexity index is 784. The molecule has 0 N–H and O–H groups in total. The van der Waals surface area contributed by atoms with Crippen molar-refractivity contribution >= 4 is 34.0 Å². The number of nitrogens with zero attached hydrogens (tertiary/aromatic N) is 2. The number of fused-ring (bicyclic) bond motifs is 1. The molecule has 3 rings (SSSR count). The van der Waals surface area contributed by atoms with Crippen molar-refractivity contribution in [2.24, 2.45) is 0 Å². The van der Waals surface area contributed by atoms with E-state index in [0.717, 1.165) is 20.2 Å². The number of rotatable bonds is 3. The molecule has 0 saturated heterocycles. The zero-order valence-corrected chi connectivity index (χ0v) is 12.0. The first-order valence-electron chi connectivity index (χ1n) is 6.13. The molecule has 0 aliphatic carbocycles. The SMILES string of the molecule is CCn1c(=O)n(Cc2ccc(Cl)s2)c2ccccc21. The highest BCUT2D eigenvalue weighted by Crippen LogP contribution is 2.23. The summed E-state index contributed by atoms with van der Waals surface area (Å²) in [5, 5.41) is 0. The third-order valence-corrected chi connectivity index (χ3v) is 4.40. The van der Waals surface area contributed by atoms with E-state index in [-0.39, 0.29) is 5.69 Å².